The molecule has 0 saturated heterocycles. The predicted molar refractivity (Wildman–Crippen MR) is 220 cm³/mol. The average Bonchev–Trinajstić information content (AvgIpc) is 3.52. The highest BCUT2D eigenvalue weighted by molar-refractivity contribution is 6.12. The molecule has 0 N–H and O–H groups in total. The lowest BCUT2D eigenvalue weighted by molar-refractivity contribution is 0.301. The Morgan fingerprint density at radius 3 is 2.07 bits per heavy atom. The van der Waals surface area contributed by atoms with Crippen LogP contribution >= 0.6 is 0 Å². The third-order valence-corrected chi connectivity index (χ3v) is 11.9. The second-order valence-electron chi connectivity index (χ2n) is 17.9. The molecule has 54 heavy (non-hydrogen) atoms. The van der Waals surface area contributed by atoms with Gasteiger partial charge in [-0.3, -0.25) is 9.97 Å². The van der Waals surface area contributed by atoms with Crippen molar-refractivity contribution in [2.75, 3.05) is 0 Å². The number of hydrogen-bond donors (Lipinski definition) is 0. The second-order valence-corrected chi connectivity index (χ2v) is 17.9. The molecule has 0 atom stereocenters. The number of pyridine rings is 2. The van der Waals surface area contributed by atoms with Crippen LogP contribution in [0.15, 0.2) is 108 Å². The molecule has 5 nitrogen and oxygen atoms in total. The van der Waals surface area contributed by atoms with Gasteiger partial charge in [-0.2, -0.15) is 5.26 Å². The number of aromatic nitrogens is 2. The Morgan fingerprint density at radius 2 is 1.37 bits per heavy atom. The summed E-state index contributed by atoms with van der Waals surface area (Å²) in [6.45, 7) is 22.7. The molecule has 0 spiro atoms. The molecule has 3 heterocycles. The van der Waals surface area contributed by atoms with Crippen LogP contribution in [0.5, 0.6) is 11.5 Å². The van der Waals surface area contributed by atoms with Crippen LogP contribution < -0.4 is 4.74 Å². The van der Waals surface area contributed by atoms with Gasteiger partial charge in [0.1, 0.15) is 11.3 Å². The van der Waals surface area contributed by atoms with E-state index in [1.54, 1.807) is 0 Å². The number of nitrogens with zero attached hydrogens (tertiary/aromatic N) is 3. The van der Waals surface area contributed by atoms with Crippen molar-refractivity contribution in [1.29, 1.82) is 5.26 Å². The molecular weight excluding hydrogens is 663 g/mol. The van der Waals surface area contributed by atoms with Crippen molar-refractivity contribution < 1.29 is 9.15 Å². The van der Waals surface area contributed by atoms with Crippen molar-refractivity contribution in [3.8, 4) is 51.2 Å². The van der Waals surface area contributed by atoms with Gasteiger partial charge in [0.25, 0.3) is 0 Å². The lowest BCUT2D eigenvalue weighted by atomic mass is 9.54. The first-order valence-electron chi connectivity index (χ1n) is 18.8. The summed E-state index contributed by atoms with van der Waals surface area (Å²) in [5.74, 6) is 1.27. The lowest BCUT2D eigenvalue weighted by Gasteiger charge is -2.49. The Morgan fingerprint density at radius 1 is 0.667 bits per heavy atom. The highest BCUT2D eigenvalue weighted by Gasteiger charge is 2.49. The van der Waals surface area contributed by atoms with Crippen molar-refractivity contribution in [3.63, 3.8) is 0 Å². The third kappa shape index (κ3) is 5.59. The quantitative estimate of drug-likeness (QED) is 0.182. The number of nitriles is 1. The Labute approximate surface area is 318 Å². The van der Waals surface area contributed by atoms with E-state index in [4.69, 9.17) is 19.1 Å². The van der Waals surface area contributed by atoms with Crippen molar-refractivity contribution >= 4 is 21.9 Å². The maximum Gasteiger partial charge on any atom is 0.178 e. The van der Waals surface area contributed by atoms with E-state index >= 15 is 0 Å². The van der Waals surface area contributed by atoms with Crippen LogP contribution in [0.4, 0.5) is 0 Å². The van der Waals surface area contributed by atoms with Crippen LogP contribution in [0.3, 0.4) is 0 Å². The highest BCUT2D eigenvalue weighted by atomic mass is 16.5. The number of fused-ring (bicyclic) bond motifs is 7. The molecule has 8 rings (SSSR count). The highest BCUT2D eigenvalue weighted by Crippen LogP contribution is 2.59. The number of rotatable bonds is 4. The molecule has 0 radical (unpaired) electrons. The van der Waals surface area contributed by atoms with Crippen LogP contribution in [0.2, 0.25) is 0 Å². The molecule has 5 heteroatoms. The van der Waals surface area contributed by atoms with E-state index in [0.717, 1.165) is 38.9 Å². The molecule has 0 amide bonds. The van der Waals surface area contributed by atoms with E-state index < -0.39 is 0 Å². The molecule has 4 aromatic carbocycles. The number of hydrogen-bond acceptors (Lipinski definition) is 5. The van der Waals surface area contributed by atoms with Crippen LogP contribution in [-0.4, -0.2) is 9.97 Å². The average molecular weight is 710 g/mol. The van der Waals surface area contributed by atoms with Gasteiger partial charge in [-0.25, -0.2) is 0 Å². The maximum absolute atomic E-state index is 9.80. The van der Waals surface area contributed by atoms with Gasteiger partial charge in [-0.15, -0.1) is 0 Å². The topological polar surface area (TPSA) is 71.9 Å². The van der Waals surface area contributed by atoms with Crippen LogP contribution in [0, 0.1) is 11.3 Å². The van der Waals surface area contributed by atoms with E-state index in [2.05, 4.69) is 130 Å². The minimum absolute atomic E-state index is 0.00431. The van der Waals surface area contributed by atoms with E-state index in [0.29, 0.717) is 28.2 Å². The Hall–Kier alpha value is -5.73. The van der Waals surface area contributed by atoms with Crippen molar-refractivity contribution in [1.82, 2.24) is 9.97 Å². The van der Waals surface area contributed by atoms with E-state index in [1.807, 2.05) is 48.8 Å². The fourth-order valence-corrected chi connectivity index (χ4v) is 8.12. The summed E-state index contributed by atoms with van der Waals surface area (Å²) in [5, 5.41) is 11.7. The van der Waals surface area contributed by atoms with Gasteiger partial charge >= 0.3 is 0 Å². The van der Waals surface area contributed by atoms with Crippen molar-refractivity contribution in [3.05, 3.63) is 131 Å². The lowest BCUT2D eigenvalue weighted by Crippen LogP contribution is -2.44. The fraction of sp³-hybridized carbons (Fsp3) is 0.286. The normalized spacial score (nSPS) is 14.8. The number of furan rings is 1. The molecule has 0 unspecified atom stereocenters. The van der Waals surface area contributed by atoms with Gasteiger partial charge in [-0.1, -0.05) is 106 Å². The molecule has 0 saturated carbocycles. The molecule has 0 fully saturated rings. The van der Waals surface area contributed by atoms with Gasteiger partial charge in [-0.05, 0) is 98.8 Å². The summed E-state index contributed by atoms with van der Waals surface area (Å²) in [5.41, 5.74) is 12.3. The monoisotopic (exact) mass is 709 g/mol. The molecule has 1 aliphatic carbocycles. The molecule has 1 aliphatic rings. The Kier molecular flexibility index (Phi) is 7.94. The smallest absolute Gasteiger partial charge is 0.178 e. The van der Waals surface area contributed by atoms with Crippen molar-refractivity contribution in [2.24, 2.45) is 0 Å². The summed E-state index contributed by atoms with van der Waals surface area (Å²) in [7, 11) is 0. The summed E-state index contributed by atoms with van der Waals surface area (Å²) >= 11 is 0. The van der Waals surface area contributed by atoms with E-state index in [-0.39, 0.29) is 21.7 Å². The van der Waals surface area contributed by atoms with Gasteiger partial charge in [0.15, 0.2) is 11.3 Å². The zero-order valence-corrected chi connectivity index (χ0v) is 33.0. The third-order valence-electron chi connectivity index (χ3n) is 11.9. The molecular formula is C49H47N3O2. The SMILES string of the molecule is CC(C)(C)c1ccc(-c2ccnc3c2C(C)(C)C(C)(C)c2c-3cc(Oc3cccc(-c4cc(C(C)(C)C)ccn4)c3)c3oc4cc(C#N)ccc4c23)cc1. The van der Waals surface area contributed by atoms with Crippen LogP contribution in [0.25, 0.3) is 55.6 Å². The van der Waals surface area contributed by atoms with Gasteiger partial charge in [0, 0.05) is 45.1 Å². The first kappa shape index (κ1) is 35.3. The molecule has 0 bridgehead atoms. The van der Waals surface area contributed by atoms with Gasteiger partial charge < -0.3 is 9.15 Å². The van der Waals surface area contributed by atoms with E-state index in [9.17, 15) is 5.26 Å². The molecule has 270 valence electrons. The minimum atomic E-state index is -0.371. The Bertz CT molecular complexity index is 2660. The fourth-order valence-electron chi connectivity index (χ4n) is 8.12. The standard InChI is InChI=1S/C49H47N3O2/c1-46(2,3)32-17-15-30(16-18-32)35-21-23-52-44-37-27-40(53-34-13-11-12-31(25-34)38-26-33(20-22-51-38)47(4,5)6)45-41(36-19-14-29(28-50)24-39(36)54-45)42(37)48(7,8)49(9,10)43(35)44/h11-27H,1-10H3. The second kappa shape index (κ2) is 12.1. The predicted octanol–water partition coefficient (Wildman–Crippen LogP) is 13.2. The molecule has 0 aliphatic heterocycles. The summed E-state index contributed by atoms with van der Waals surface area (Å²) in [6, 6.07) is 33.6. The number of benzene rings is 4. The first-order chi connectivity index (χ1) is 25.5. The largest absolute Gasteiger partial charge is 0.453 e. The van der Waals surface area contributed by atoms with Crippen LogP contribution in [-0.2, 0) is 21.7 Å². The zero-order chi connectivity index (χ0) is 38.4. The molecule has 7 aromatic rings. The number of ether oxygens (including phenoxy) is 1. The van der Waals surface area contributed by atoms with E-state index in [1.165, 1.54) is 27.8 Å². The first-order valence-corrected chi connectivity index (χ1v) is 18.8. The van der Waals surface area contributed by atoms with Crippen LogP contribution in [0.1, 0.15) is 97.1 Å². The zero-order valence-electron chi connectivity index (χ0n) is 33.0. The van der Waals surface area contributed by atoms with Gasteiger partial charge in [0.2, 0.25) is 0 Å². The summed E-state index contributed by atoms with van der Waals surface area (Å²) in [6.07, 6.45) is 3.81. The van der Waals surface area contributed by atoms with Gasteiger partial charge in [0.05, 0.1) is 23.0 Å². The molecule has 3 aromatic heterocycles. The maximum atomic E-state index is 9.80. The van der Waals surface area contributed by atoms with Crippen molar-refractivity contribution in [2.45, 2.75) is 90.9 Å². The minimum Gasteiger partial charge on any atom is -0.453 e. The Balaban J connectivity index is 1.37. The summed E-state index contributed by atoms with van der Waals surface area (Å²) in [4.78, 5) is 9.88. The summed E-state index contributed by atoms with van der Waals surface area (Å²) < 4.78 is 13.6.